The molecule has 0 unspecified atom stereocenters. The summed E-state index contributed by atoms with van der Waals surface area (Å²) in [6, 6.07) is 6.35. The Hall–Kier alpha value is -2.90. The van der Waals surface area contributed by atoms with Gasteiger partial charge in [0, 0.05) is 6.54 Å². The molecule has 0 saturated heterocycles. The van der Waals surface area contributed by atoms with Crippen LogP contribution in [-0.2, 0) is 14.4 Å². The van der Waals surface area contributed by atoms with Crippen LogP contribution in [0.2, 0.25) is 0 Å². The lowest BCUT2D eigenvalue weighted by molar-refractivity contribution is -0.177. The molecule has 3 amide bonds. The molecule has 0 aromatic heterocycles. The van der Waals surface area contributed by atoms with Crippen LogP contribution in [0.1, 0.15) is 67.2 Å². The molecular weight excluding hydrogens is 376 g/mol. The number of ether oxygens (including phenoxy) is 1. The fourth-order valence-electron chi connectivity index (χ4n) is 3.70. The van der Waals surface area contributed by atoms with E-state index in [1.165, 1.54) is 12.1 Å². The van der Waals surface area contributed by atoms with E-state index in [1.807, 2.05) is 0 Å². The number of nitrogens with zero attached hydrogens (tertiary/aromatic N) is 1. The first-order valence-electron chi connectivity index (χ1n) is 9.84. The van der Waals surface area contributed by atoms with E-state index in [-0.39, 0.29) is 23.6 Å². The van der Waals surface area contributed by atoms with Crippen LogP contribution in [-0.4, -0.2) is 41.1 Å². The summed E-state index contributed by atoms with van der Waals surface area (Å²) in [4.78, 5) is 54.7. The van der Waals surface area contributed by atoms with Crippen molar-refractivity contribution in [1.29, 1.82) is 0 Å². The number of alkyl carbamates (subject to hydrolysis) is 1. The molecule has 1 aromatic carbocycles. The second kappa shape index (κ2) is 8.23. The fraction of sp³-hybridized carbons (Fsp3) is 0.524. The quantitative estimate of drug-likeness (QED) is 0.777. The number of hydrogen-bond acceptors (Lipinski definition) is 6. The van der Waals surface area contributed by atoms with E-state index in [1.54, 1.807) is 32.9 Å². The number of nitrogens with one attached hydrogen (secondary N) is 1. The summed E-state index contributed by atoms with van der Waals surface area (Å²) in [5, 5.41) is 3.24. The van der Waals surface area contributed by atoms with Crippen molar-refractivity contribution in [2.75, 3.05) is 6.54 Å². The Morgan fingerprint density at radius 1 is 1.07 bits per heavy atom. The van der Waals surface area contributed by atoms with Crippen molar-refractivity contribution in [3.05, 3.63) is 35.4 Å². The summed E-state index contributed by atoms with van der Waals surface area (Å²) in [5.41, 5.74) is -0.172. The smallest absolute Gasteiger partial charge is 0.407 e. The molecule has 2 aliphatic rings. The van der Waals surface area contributed by atoms with Crippen molar-refractivity contribution in [1.82, 2.24) is 10.4 Å². The van der Waals surface area contributed by atoms with Gasteiger partial charge >= 0.3 is 12.1 Å². The summed E-state index contributed by atoms with van der Waals surface area (Å²) in [6.45, 7) is 5.58. The zero-order valence-corrected chi connectivity index (χ0v) is 16.9. The molecule has 156 valence electrons. The Morgan fingerprint density at radius 3 is 2.24 bits per heavy atom. The van der Waals surface area contributed by atoms with Crippen molar-refractivity contribution >= 4 is 23.9 Å². The van der Waals surface area contributed by atoms with Gasteiger partial charge in [-0.05, 0) is 51.7 Å². The summed E-state index contributed by atoms with van der Waals surface area (Å²) in [5.74, 6) is -2.58. The van der Waals surface area contributed by atoms with E-state index >= 15 is 0 Å². The zero-order valence-electron chi connectivity index (χ0n) is 16.9. The maximum atomic E-state index is 12.8. The summed E-state index contributed by atoms with van der Waals surface area (Å²) in [7, 11) is 0. The van der Waals surface area contributed by atoms with Gasteiger partial charge in [0.05, 0.1) is 17.0 Å². The molecule has 29 heavy (non-hydrogen) atoms. The number of amides is 3. The Morgan fingerprint density at radius 2 is 1.66 bits per heavy atom. The van der Waals surface area contributed by atoms with Crippen molar-refractivity contribution in [3.63, 3.8) is 0 Å². The van der Waals surface area contributed by atoms with E-state index in [4.69, 9.17) is 9.57 Å². The topological polar surface area (TPSA) is 102 Å². The third kappa shape index (κ3) is 4.75. The van der Waals surface area contributed by atoms with Crippen LogP contribution in [0.5, 0.6) is 0 Å². The van der Waals surface area contributed by atoms with E-state index in [0.29, 0.717) is 11.5 Å². The zero-order chi connectivity index (χ0) is 21.2. The standard InChI is InChI=1S/C21H26N2O6/c1-21(2,3)28-20(27)22-12-13-8-4-5-9-14(13)19(26)29-23-17(24)15-10-6-7-11-16(15)18(23)25/h6-7,10-11,13-14H,4-5,8-9,12H2,1-3H3,(H,22,27)/t13-,14-/m1/s1. The van der Waals surface area contributed by atoms with Crippen LogP contribution >= 0.6 is 0 Å². The van der Waals surface area contributed by atoms with Crippen LogP contribution in [0.25, 0.3) is 0 Å². The Balaban J connectivity index is 1.62. The number of carbonyl (C=O) groups excluding carboxylic acids is 4. The highest BCUT2D eigenvalue weighted by molar-refractivity contribution is 6.20. The molecule has 1 N–H and O–H groups in total. The SMILES string of the molecule is CC(C)(C)OC(=O)NC[C@H]1CCCC[C@H]1C(=O)ON1C(=O)c2ccccc2C1=O. The predicted molar refractivity (Wildman–Crippen MR) is 103 cm³/mol. The van der Waals surface area contributed by atoms with Gasteiger partial charge in [-0.2, -0.15) is 0 Å². The highest BCUT2D eigenvalue weighted by atomic mass is 16.7. The maximum absolute atomic E-state index is 12.8. The van der Waals surface area contributed by atoms with Crippen LogP contribution < -0.4 is 5.32 Å². The van der Waals surface area contributed by atoms with Gasteiger partial charge < -0.3 is 14.9 Å². The average molecular weight is 402 g/mol. The van der Waals surface area contributed by atoms with Gasteiger partial charge in [-0.1, -0.05) is 30.0 Å². The van der Waals surface area contributed by atoms with Crippen molar-refractivity contribution in [2.45, 2.75) is 52.1 Å². The lowest BCUT2D eigenvalue weighted by Crippen LogP contribution is -2.42. The minimum atomic E-state index is -0.641. The third-order valence-corrected chi connectivity index (χ3v) is 5.06. The highest BCUT2D eigenvalue weighted by Gasteiger charge is 2.41. The first-order valence-corrected chi connectivity index (χ1v) is 9.84. The summed E-state index contributed by atoms with van der Waals surface area (Å²) in [6.07, 6.45) is 2.53. The van der Waals surface area contributed by atoms with Crippen molar-refractivity contribution < 1.29 is 28.8 Å². The second-order valence-electron chi connectivity index (χ2n) is 8.39. The second-order valence-corrected chi connectivity index (χ2v) is 8.39. The number of imide groups is 1. The lowest BCUT2D eigenvalue weighted by atomic mass is 9.79. The lowest BCUT2D eigenvalue weighted by Gasteiger charge is -2.30. The minimum absolute atomic E-state index is 0.154. The first-order chi connectivity index (χ1) is 13.7. The monoisotopic (exact) mass is 402 g/mol. The maximum Gasteiger partial charge on any atom is 0.407 e. The minimum Gasteiger partial charge on any atom is -0.444 e. The number of benzene rings is 1. The number of hydroxylamine groups is 2. The molecule has 0 radical (unpaired) electrons. The molecule has 8 nitrogen and oxygen atoms in total. The van der Waals surface area contributed by atoms with Gasteiger partial charge in [-0.25, -0.2) is 9.59 Å². The molecule has 1 heterocycles. The van der Waals surface area contributed by atoms with Gasteiger partial charge in [0.25, 0.3) is 11.8 Å². The predicted octanol–water partition coefficient (Wildman–Crippen LogP) is 3.07. The highest BCUT2D eigenvalue weighted by Crippen LogP contribution is 2.32. The normalized spacial score (nSPS) is 21.6. The molecule has 1 aliphatic carbocycles. The molecule has 0 bridgehead atoms. The van der Waals surface area contributed by atoms with Gasteiger partial charge in [0.2, 0.25) is 0 Å². The van der Waals surface area contributed by atoms with Gasteiger partial charge in [-0.3, -0.25) is 9.59 Å². The van der Waals surface area contributed by atoms with Gasteiger partial charge in [0.1, 0.15) is 5.60 Å². The third-order valence-electron chi connectivity index (χ3n) is 5.06. The van der Waals surface area contributed by atoms with E-state index in [0.717, 1.165) is 19.3 Å². The van der Waals surface area contributed by atoms with Crippen LogP contribution in [0.15, 0.2) is 24.3 Å². The van der Waals surface area contributed by atoms with Crippen LogP contribution in [0.3, 0.4) is 0 Å². The molecular formula is C21H26N2O6. The summed E-state index contributed by atoms with van der Waals surface area (Å²) < 4.78 is 5.23. The molecule has 1 aromatic rings. The Kier molecular flexibility index (Phi) is 5.91. The molecule has 2 atom stereocenters. The van der Waals surface area contributed by atoms with E-state index < -0.39 is 35.4 Å². The average Bonchev–Trinajstić information content (AvgIpc) is 2.90. The molecule has 1 fully saturated rings. The number of carbonyl (C=O) groups is 4. The van der Waals surface area contributed by atoms with E-state index in [2.05, 4.69) is 5.32 Å². The molecule has 1 aliphatic heterocycles. The Labute approximate surface area is 169 Å². The number of rotatable bonds is 4. The molecule has 0 spiro atoms. The fourth-order valence-corrected chi connectivity index (χ4v) is 3.70. The van der Waals surface area contributed by atoms with Crippen molar-refractivity contribution in [3.8, 4) is 0 Å². The molecule has 8 heteroatoms. The Bertz CT molecular complexity index is 794. The summed E-state index contributed by atoms with van der Waals surface area (Å²) >= 11 is 0. The number of hydrogen-bond donors (Lipinski definition) is 1. The van der Waals surface area contributed by atoms with Crippen LogP contribution in [0, 0.1) is 11.8 Å². The first kappa shape index (κ1) is 20.8. The van der Waals surface area contributed by atoms with Gasteiger partial charge in [0.15, 0.2) is 0 Å². The van der Waals surface area contributed by atoms with E-state index in [9.17, 15) is 19.2 Å². The van der Waals surface area contributed by atoms with Crippen molar-refractivity contribution in [2.24, 2.45) is 11.8 Å². The molecule has 1 saturated carbocycles. The number of fused-ring (bicyclic) bond motifs is 1. The van der Waals surface area contributed by atoms with Crippen LogP contribution in [0.4, 0.5) is 4.79 Å². The molecule has 3 rings (SSSR count). The largest absolute Gasteiger partial charge is 0.444 e. The van der Waals surface area contributed by atoms with Gasteiger partial charge in [-0.15, -0.1) is 0 Å².